The van der Waals surface area contributed by atoms with Gasteiger partial charge in [-0.3, -0.25) is 4.90 Å². The number of rotatable bonds is 2. The SMILES string of the molecule is COc1ccc2c(c1)CCCN2C(=O)Oc1ccccc1. The van der Waals surface area contributed by atoms with Gasteiger partial charge in [-0.2, -0.15) is 0 Å². The van der Waals surface area contributed by atoms with Gasteiger partial charge < -0.3 is 9.47 Å². The van der Waals surface area contributed by atoms with Crippen molar-refractivity contribution in [3.63, 3.8) is 0 Å². The largest absolute Gasteiger partial charge is 0.497 e. The highest BCUT2D eigenvalue weighted by Crippen LogP contribution is 2.31. The zero-order chi connectivity index (χ0) is 14.7. The second-order valence-corrected chi connectivity index (χ2v) is 4.93. The summed E-state index contributed by atoms with van der Waals surface area (Å²) < 4.78 is 10.7. The molecule has 1 amide bonds. The van der Waals surface area contributed by atoms with E-state index in [1.807, 2.05) is 36.4 Å². The van der Waals surface area contributed by atoms with Crippen LogP contribution >= 0.6 is 0 Å². The summed E-state index contributed by atoms with van der Waals surface area (Å²) in [5.41, 5.74) is 2.02. The first-order chi connectivity index (χ1) is 10.3. The first-order valence-electron chi connectivity index (χ1n) is 6.99. The van der Waals surface area contributed by atoms with E-state index in [2.05, 4.69) is 0 Å². The monoisotopic (exact) mass is 283 g/mol. The summed E-state index contributed by atoms with van der Waals surface area (Å²) in [4.78, 5) is 14.0. The van der Waals surface area contributed by atoms with Crippen molar-refractivity contribution in [2.45, 2.75) is 12.8 Å². The number of hydrogen-bond donors (Lipinski definition) is 0. The van der Waals surface area contributed by atoms with Crippen LogP contribution in [0.4, 0.5) is 10.5 Å². The number of amides is 1. The molecule has 108 valence electrons. The normalized spacial score (nSPS) is 13.5. The van der Waals surface area contributed by atoms with Gasteiger partial charge in [0.1, 0.15) is 11.5 Å². The summed E-state index contributed by atoms with van der Waals surface area (Å²) in [6.07, 6.45) is 1.53. The molecule has 2 aromatic carbocycles. The predicted molar refractivity (Wildman–Crippen MR) is 81.1 cm³/mol. The van der Waals surface area contributed by atoms with E-state index in [4.69, 9.17) is 9.47 Å². The molecule has 2 aromatic rings. The molecule has 0 aliphatic carbocycles. The molecule has 0 atom stereocenters. The number of ether oxygens (including phenoxy) is 2. The number of fused-ring (bicyclic) bond motifs is 1. The Morgan fingerprint density at radius 3 is 2.67 bits per heavy atom. The van der Waals surface area contributed by atoms with E-state index in [0.29, 0.717) is 12.3 Å². The third-order valence-electron chi connectivity index (χ3n) is 3.57. The van der Waals surface area contributed by atoms with Crippen molar-refractivity contribution >= 4 is 11.8 Å². The van der Waals surface area contributed by atoms with Crippen molar-refractivity contribution in [2.75, 3.05) is 18.6 Å². The van der Waals surface area contributed by atoms with Crippen LogP contribution in [0.5, 0.6) is 11.5 Å². The van der Waals surface area contributed by atoms with Crippen LogP contribution < -0.4 is 14.4 Å². The average Bonchev–Trinajstić information content (AvgIpc) is 2.54. The maximum Gasteiger partial charge on any atom is 0.419 e. The number of carbonyl (C=O) groups is 1. The van der Waals surface area contributed by atoms with Crippen molar-refractivity contribution in [1.82, 2.24) is 0 Å². The maximum absolute atomic E-state index is 12.4. The lowest BCUT2D eigenvalue weighted by Crippen LogP contribution is -2.37. The third-order valence-corrected chi connectivity index (χ3v) is 3.57. The van der Waals surface area contributed by atoms with Crippen molar-refractivity contribution in [2.24, 2.45) is 0 Å². The Kier molecular flexibility index (Phi) is 3.77. The first kappa shape index (κ1) is 13.5. The Hall–Kier alpha value is -2.49. The topological polar surface area (TPSA) is 38.8 Å². The molecule has 0 N–H and O–H groups in total. The highest BCUT2D eigenvalue weighted by Gasteiger charge is 2.24. The smallest absolute Gasteiger partial charge is 0.419 e. The van der Waals surface area contributed by atoms with Crippen LogP contribution in [0, 0.1) is 0 Å². The standard InChI is InChI=1S/C17H17NO3/c1-20-15-9-10-16-13(12-15)6-5-11-18(16)17(19)21-14-7-3-2-4-8-14/h2-4,7-10,12H,5-6,11H2,1H3. The Morgan fingerprint density at radius 1 is 1.10 bits per heavy atom. The van der Waals surface area contributed by atoms with Crippen LogP contribution in [0.2, 0.25) is 0 Å². The molecule has 0 unspecified atom stereocenters. The molecule has 0 fully saturated rings. The average molecular weight is 283 g/mol. The van der Waals surface area contributed by atoms with Gasteiger partial charge in [0.2, 0.25) is 0 Å². The molecular weight excluding hydrogens is 266 g/mol. The van der Waals surface area contributed by atoms with Crippen LogP contribution in [-0.4, -0.2) is 19.7 Å². The highest BCUT2D eigenvalue weighted by molar-refractivity contribution is 5.90. The van der Waals surface area contributed by atoms with Crippen LogP contribution in [0.15, 0.2) is 48.5 Å². The molecule has 3 rings (SSSR count). The molecule has 0 aromatic heterocycles. The Balaban J connectivity index is 1.83. The van der Waals surface area contributed by atoms with Crippen molar-refractivity contribution in [3.05, 3.63) is 54.1 Å². The molecule has 1 aliphatic heterocycles. The van der Waals surface area contributed by atoms with Crippen molar-refractivity contribution in [3.8, 4) is 11.5 Å². The van der Waals surface area contributed by atoms with Gasteiger partial charge >= 0.3 is 6.09 Å². The summed E-state index contributed by atoms with van der Waals surface area (Å²) >= 11 is 0. The summed E-state index contributed by atoms with van der Waals surface area (Å²) in [5.74, 6) is 1.37. The molecule has 0 radical (unpaired) electrons. The quantitative estimate of drug-likeness (QED) is 0.844. The van der Waals surface area contributed by atoms with E-state index >= 15 is 0 Å². The molecular formula is C17H17NO3. The van der Waals surface area contributed by atoms with Crippen molar-refractivity contribution < 1.29 is 14.3 Å². The number of para-hydroxylation sites is 1. The highest BCUT2D eigenvalue weighted by atomic mass is 16.6. The van der Waals surface area contributed by atoms with Gasteiger partial charge in [0, 0.05) is 6.54 Å². The fourth-order valence-electron chi connectivity index (χ4n) is 2.53. The number of anilines is 1. The Bertz CT molecular complexity index is 640. The van der Waals surface area contributed by atoms with E-state index in [1.54, 1.807) is 24.1 Å². The number of hydrogen-bond acceptors (Lipinski definition) is 3. The van der Waals surface area contributed by atoms with Crippen LogP contribution in [0.3, 0.4) is 0 Å². The second-order valence-electron chi connectivity index (χ2n) is 4.93. The lowest BCUT2D eigenvalue weighted by molar-refractivity contribution is 0.207. The summed E-state index contributed by atoms with van der Waals surface area (Å²) in [6, 6.07) is 14.9. The molecule has 0 saturated heterocycles. The van der Waals surface area contributed by atoms with E-state index in [-0.39, 0.29) is 6.09 Å². The van der Waals surface area contributed by atoms with E-state index < -0.39 is 0 Å². The van der Waals surface area contributed by atoms with Gasteiger partial charge in [-0.1, -0.05) is 18.2 Å². The number of benzene rings is 2. The van der Waals surface area contributed by atoms with Gasteiger partial charge in [-0.25, -0.2) is 4.79 Å². The van der Waals surface area contributed by atoms with Crippen LogP contribution in [0.25, 0.3) is 0 Å². The minimum absolute atomic E-state index is 0.340. The van der Waals surface area contributed by atoms with E-state index in [0.717, 1.165) is 29.8 Å². The zero-order valence-electron chi connectivity index (χ0n) is 11.9. The molecule has 0 saturated carbocycles. The lowest BCUT2D eigenvalue weighted by Gasteiger charge is -2.28. The second kappa shape index (κ2) is 5.87. The van der Waals surface area contributed by atoms with Gasteiger partial charge in [-0.05, 0) is 48.7 Å². The first-order valence-corrected chi connectivity index (χ1v) is 6.99. The Morgan fingerprint density at radius 2 is 1.90 bits per heavy atom. The third kappa shape index (κ3) is 2.84. The minimum atomic E-state index is -0.340. The number of nitrogens with zero attached hydrogens (tertiary/aromatic N) is 1. The number of carbonyl (C=O) groups excluding carboxylic acids is 1. The molecule has 4 nitrogen and oxygen atoms in total. The van der Waals surface area contributed by atoms with Gasteiger partial charge in [-0.15, -0.1) is 0 Å². The number of methoxy groups -OCH3 is 1. The molecule has 1 heterocycles. The fourth-order valence-corrected chi connectivity index (χ4v) is 2.53. The fraction of sp³-hybridized carbons (Fsp3) is 0.235. The van der Waals surface area contributed by atoms with Crippen LogP contribution in [0.1, 0.15) is 12.0 Å². The molecule has 1 aliphatic rings. The van der Waals surface area contributed by atoms with Gasteiger partial charge in [0.05, 0.1) is 12.8 Å². The number of aryl methyl sites for hydroxylation is 1. The lowest BCUT2D eigenvalue weighted by atomic mass is 10.0. The zero-order valence-corrected chi connectivity index (χ0v) is 11.9. The Labute approximate surface area is 123 Å². The summed E-state index contributed by atoms with van der Waals surface area (Å²) in [5, 5.41) is 0. The molecule has 0 spiro atoms. The minimum Gasteiger partial charge on any atom is -0.497 e. The maximum atomic E-state index is 12.4. The van der Waals surface area contributed by atoms with Crippen molar-refractivity contribution in [1.29, 1.82) is 0 Å². The van der Waals surface area contributed by atoms with Crippen LogP contribution in [-0.2, 0) is 6.42 Å². The molecule has 4 heteroatoms. The van der Waals surface area contributed by atoms with Gasteiger partial charge in [0.25, 0.3) is 0 Å². The predicted octanol–water partition coefficient (Wildman–Crippen LogP) is 3.65. The summed E-state index contributed by atoms with van der Waals surface area (Å²) in [6.45, 7) is 0.672. The van der Waals surface area contributed by atoms with Gasteiger partial charge in [0.15, 0.2) is 0 Å². The van der Waals surface area contributed by atoms with E-state index in [1.165, 1.54) is 0 Å². The molecule has 21 heavy (non-hydrogen) atoms. The molecule has 0 bridgehead atoms. The summed E-state index contributed by atoms with van der Waals surface area (Å²) in [7, 11) is 1.64. The van der Waals surface area contributed by atoms with E-state index in [9.17, 15) is 4.79 Å².